The van der Waals surface area contributed by atoms with Gasteiger partial charge in [-0.25, -0.2) is 0 Å². The molecular formula is C23H26N2O3. The van der Waals surface area contributed by atoms with Gasteiger partial charge >= 0.3 is 0 Å². The van der Waals surface area contributed by atoms with E-state index in [4.69, 9.17) is 4.74 Å². The Labute approximate surface area is 166 Å². The minimum absolute atomic E-state index is 0.00209. The van der Waals surface area contributed by atoms with E-state index in [0.29, 0.717) is 19.7 Å². The molecule has 3 rings (SSSR count). The van der Waals surface area contributed by atoms with Gasteiger partial charge in [0.15, 0.2) is 0 Å². The summed E-state index contributed by atoms with van der Waals surface area (Å²) >= 11 is 0. The summed E-state index contributed by atoms with van der Waals surface area (Å²) in [5, 5.41) is 0. The molecule has 146 valence electrons. The third kappa shape index (κ3) is 4.67. The summed E-state index contributed by atoms with van der Waals surface area (Å²) in [5.41, 5.74) is 3.11. The van der Waals surface area contributed by atoms with Crippen LogP contribution in [-0.2, 0) is 20.9 Å². The van der Waals surface area contributed by atoms with Crippen LogP contribution in [0.1, 0.15) is 36.1 Å². The number of carbonyl (C=O) groups is 2. The first-order valence-corrected chi connectivity index (χ1v) is 9.47. The van der Waals surface area contributed by atoms with Crippen molar-refractivity contribution in [2.24, 2.45) is 0 Å². The lowest BCUT2D eigenvalue weighted by atomic mass is 9.93. The standard InChI is InChI=1S/C23H26N2O3/c1-18(26)25-13-12-20-10-6-7-11-21(20)22(25)16-23(27)24(14-15-28-2)17-19-8-4-3-5-9-19/h3-13,22H,14-17H2,1-2H3/t22-/m0/s1. The van der Waals surface area contributed by atoms with Gasteiger partial charge in [-0.2, -0.15) is 0 Å². The molecule has 0 saturated heterocycles. The zero-order valence-electron chi connectivity index (χ0n) is 16.4. The summed E-state index contributed by atoms with van der Waals surface area (Å²) in [6.45, 7) is 3.03. The topological polar surface area (TPSA) is 49.9 Å². The van der Waals surface area contributed by atoms with Gasteiger partial charge in [0, 0.05) is 33.3 Å². The first-order chi connectivity index (χ1) is 13.6. The molecule has 0 unspecified atom stereocenters. The molecule has 0 aromatic heterocycles. The van der Waals surface area contributed by atoms with Crippen molar-refractivity contribution in [3.8, 4) is 0 Å². The van der Waals surface area contributed by atoms with E-state index in [-0.39, 0.29) is 24.3 Å². The van der Waals surface area contributed by atoms with Crippen molar-refractivity contribution in [1.29, 1.82) is 0 Å². The molecule has 2 amide bonds. The van der Waals surface area contributed by atoms with Gasteiger partial charge in [0.05, 0.1) is 19.1 Å². The van der Waals surface area contributed by atoms with Gasteiger partial charge in [0.2, 0.25) is 11.8 Å². The highest BCUT2D eigenvalue weighted by Gasteiger charge is 2.29. The third-order valence-electron chi connectivity index (χ3n) is 4.97. The van der Waals surface area contributed by atoms with E-state index in [1.165, 1.54) is 6.92 Å². The number of fused-ring (bicyclic) bond motifs is 1. The number of hydrogen-bond donors (Lipinski definition) is 0. The van der Waals surface area contributed by atoms with Crippen LogP contribution in [0.5, 0.6) is 0 Å². The van der Waals surface area contributed by atoms with Gasteiger partial charge in [-0.1, -0.05) is 54.6 Å². The molecule has 0 N–H and O–H groups in total. The minimum Gasteiger partial charge on any atom is -0.383 e. The molecule has 1 aliphatic heterocycles. The Morgan fingerprint density at radius 2 is 1.79 bits per heavy atom. The Kier molecular flexibility index (Phi) is 6.61. The molecule has 5 nitrogen and oxygen atoms in total. The van der Waals surface area contributed by atoms with Crippen LogP contribution < -0.4 is 0 Å². The quantitative estimate of drug-likeness (QED) is 0.739. The van der Waals surface area contributed by atoms with Crippen LogP contribution in [0.2, 0.25) is 0 Å². The fraction of sp³-hybridized carbons (Fsp3) is 0.304. The van der Waals surface area contributed by atoms with Crippen molar-refractivity contribution < 1.29 is 14.3 Å². The van der Waals surface area contributed by atoms with Crippen LogP contribution in [0.15, 0.2) is 60.8 Å². The SMILES string of the molecule is COCCN(Cc1ccccc1)C(=O)C[C@H]1c2ccccc2C=CN1C(C)=O. The molecule has 0 aliphatic carbocycles. The van der Waals surface area contributed by atoms with Crippen LogP contribution in [0, 0.1) is 0 Å². The number of benzene rings is 2. The molecule has 0 spiro atoms. The summed E-state index contributed by atoms with van der Waals surface area (Å²) < 4.78 is 5.20. The van der Waals surface area contributed by atoms with Crippen LogP contribution in [0.4, 0.5) is 0 Å². The molecule has 1 atom stereocenters. The number of hydrogen-bond acceptors (Lipinski definition) is 3. The van der Waals surface area contributed by atoms with Crippen molar-refractivity contribution >= 4 is 17.9 Å². The van der Waals surface area contributed by atoms with E-state index in [9.17, 15) is 9.59 Å². The lowest BCUT2D eigenvalue weighted by molar-refractivity contribution is -0.135. The van der Waals surface area contributed by atoms with Gasteiger partial charge in [0.25, 0.3) is 0 Å². The molecule has 0 fully saturated rings. The zero-order chi connectivity index (χ0) is 19.9. The maximum Gasteiger partial charge on any atom is 0.225 e. The molecule has 0 bridgehead atoms. The average Bonchev–Trinajstić information content (AvgIpc) is 2.71. The lowest BCUT2D eigenvalue weighted by Gasteiger charge is -2.34. The predicted molar refractivity (Wildman–Crippen MR) is 109 cm³/mol. The zero-order valence-corrected chi connectivity index (χ0v) is 16.4. The van der Waals surface area contributed by atoms with Gasteiger partial charge in [-0.05, 0) is 22.8 Å². The van der Waals surface area contributed by atoms with E-state index in [2.05, 4.69) is 0 Å². The van der Waals surface area contributed by atoms with E-state index >= 15 is 0 Å². The second-order valence-corrected chi connectivity index (χ2v) is 6.88. The lowest BCUT2D eigenvalue weighted by Crippen LogP contribution is -2.38. The number of rotatable bonds is 7. The second-order valence-electron chi connectivity index (χ2n) is 6.88. The van der Waals surface area contributed by atoms with E-state index in [1.807, 2.05) is 60.7 Å². The van der Waals surface area contributed by atoms with Gasteiger partial charge < -0.3 is 14.5 Å². The van der Waals surface area contributed by atoms with Crippen molar-refractivity contribution in [1.82, 2.24) is 9.80 Å². The van der Waals surface area contributed by atoms with E-state index in [1.54, 1.807) is 23.1 Å². The monoisotopic (exact) mass is 378 g/mol. The minimum atomic E-state index is -0.299. The Balaban J connectivity index is 1.82. The maximum atomic E-state index is 13.2. The largest absolute Gasteiger partial charge is 0.383 e. The first-order valence-electron chi connectivity index (χ1n) is 9.47. The van der Waals surface area contributed by atoms with Crippen molar-refractivity contribution in [2.45, 2.75) is 25.9 Å². The first kappa shape index (κ1) is 19.8. The molecular weight excluding hydrogens is 352 g/mol. The summed E-state index contributed by atoms with van der Waals surface area (Å²) in [7, 11) is 1.63. The molecule has 0 radical (unpaired) electrons. The number of carbonyl (C=O) groups excluding carboxylic acids is 2. The number of nitrogens with zero attached hydrogens (tertiary/aromatic N) is 2. The fourth-order valence-electron chi connectivity index (χ4n) is 3.50. The Bertz CT molecular complexity index is 848. The van der Waals surface area contributed by atoms with Crippen molar-refractivity contribution in [3.05, 3.63) is 77.5 Å². The van der Waals surface area contributed by atoms with Crippen LogP contribution >= 0.6 is 0 Å². The summed E-state index contributed by atoms with van der Waals surface area (Å²) in [6, 6.07) is 17.5. The van der Waals surface area contributed by atoms with Gasteiger partial charge in [0.1, 0.15) is 0 Å². The Hall–Kier alpha value is -2.92. The molecule has 1 heterocycles. The predicted octanol–water partition coefficient (Wildman–Crippen LogP) is 3.63. The third-order valence-corrected chi connectivity index (χ3v) is 4.97. The summed E-state index contributed by atoms with van der Waals surface area (Å²) in [5.74, 6) is -0.0719. The summed E-state index contributed by atoms with van der Waals surface area (Å²) in [6.07, 6.45) is 3.93. The highest BCUT2D eigenvalue weighted by atomic mass is 16.5. The molecule has 28 heavy (non-hydrogen) atoms. The average molecular weight is 378 g/mol. The second kappa shape index (κ2) is 9.33. The number of amides is 2. The number of ether oxygens (including phenoxy) is 1. The van der Waals surface area contributed by atoms with Gasteiger partial charge in [-0.3, -0.25) is 9.59 Å². The van der Waals surface area contributed by atoms with Crippen LogP contribution in [-0.4, -0.2) is 41.9 Å². The highest BCUT2D eigenvalue weighted by Crippen LogP contribution is 2.33. The molecule has 0 saturated carbocycles. The van der Waals surface area contributed by atoms with Crippen molar-refractivity contribution in [3.63, 3.8) is 0 Å². The molecule has 5 heteroatoms. The van der Waals surface area contributed by atoms with Gasteiger partial charge in [-0.15, -0.1) is 0 Å². The molecule has 1 aliphatic rings. The summed E-state index contributed by atoms with van der Waals surface area (Å²) in [4.78, 5) is 28.8. The normalized spacial score (nSPS) is 15.2. The number of methoxy groups -OCH3 is 1. The molecule has 2 aromatic carbocycles. The highest BCUT2D eigenvalue weighted by molar-refractivity contribution is 5.82. The van der Waals surface area contributed by atoms with E-state index in [0.717, 1.165) is 16.7 Å². The van der Waals surface area contributed by atoms with Crippen molar-refractivity contribution in [2.75, 3.05) is 20.3 Å². The maximum absolute atomic E-state index is 13.2. The Morgan fingerprint density at radius 1 is 1.07 bits per heavy atom. The Morgan fingerprint density at radius 3 is 2.50 bits per heavy atom. The van der Waals surface area contributed by atoms with E-state index < -0.39 is 0 Å². The van der Waals surface area contributed by atoms with Crippen LogP contribution in [0.3, 0.4) is 0 Å². The smallest absolute Gasteiger partial charge is 0.225 e. The van der Waals surface area contributed by atoms with Crippen LogP contribution in [0.25, 0.3) is 6.08 Å². The fourth-order valence-corrected chi connectivity index (χ4v) is 3.50. The molecule has 2 aromatic rings.